The lowest BCUT2D eigenvalue weighted by molar-refractivity contribution is -0.188. The Balaban J connectivity index is 2.20. The molecule has 1 N–H and O–H groups in total. The summed E-state index contributed by atoms with van der Waals surface area (Å²) in [5, 5.41) is 0.828. The third kappa shape index (κ3) is 3.23. The molecular formula is C12H12F4N2O. The summed E-state index contributed by atoms with van der Waals surface area (Å²) in [6.45, 7) is -0.0303. The minimum absolute atomic E-state index is 0.0177. The number of carbonyl (C=O) groups excluding carboxylic acids is 1. The van der Waals surface area contributed by atoms with Crippen molar-refractivity contribution in [2.24, 2.45) is 0 Å². The average molecular weight is 276 g/mol. The van der Waals surface area contributed by atoms with Crippen LogP contribution in [0.4, 0.5) is 17.6 Å². The largest absolute Gasteiger partial charge is 0.406 e. The summed E-state index contributed by atoms with van der Waals surface area (Å²) in [7, 11) is 0. The van der Waals surface area contributed by atoms with E-state index in [4.69, 9.17) is 0 Å². The Morgan fingerprint density at radius 2 is 2.00 bits per heavy atom. The van der Waals surface area contributed by atoms with Crippen LogP contribution >= 0.6 is 0 Å². The van der Waals surface area contributed by atoms with Gasteiger partial charge < -0.3 is 0 Å². The first-order valence-corrected chi connectivity index (χ1v) is 5.74. The molecular weight excluding hydrogens is 264 g/mol. The third-order valence-electron chi connectivity index (χ3n) is 2.97. The number of carbonyl (C=O) groups is 1. The highest BCUT2D eigenvalue weighted by Crippen LogP contribution is 2.28. The fraction of sp³-hybridized carbons (Fsp3) is 0.417. The monoisotopic (exact) mass is 276 g/mol. The van der Waals surface area contributed by atoms with Gasteiger partial charge in [-0.3, -0.25) is 10.2 Å². The van der Waals surface area contributed by atoms with Gasteiger partial charge in [0.2, 0.25) is 5.91 Å². The second-order valence-electron chi connectivity index (χ2n) is 4.33. The highest BCUT2D eigenvalue weighted by molar-refractivity contribution is 5.77. The number of nitrogens with zero attached hydrogens (tertiary/aromatic N) is 1. The Kier molecular flexibility index (Phi) is 3.75. The van der Waals surface area contributed by atoms with E-state index in [0.29, 0.717) is 0 Å². The molecule has 0 bridgehead atoms. The van der Waals surface area contributed by atoms with Gasteiger partial charge in [-0.1, -0.05) is 18.2 Å². The number of benzene rings is 1. The van der Waals surface area contributed by atoms with Crippen molar-refractivity contribution in [1.82, 2.24) is 10.4 Å². The first-order valence-electron chi connectivity index (χ1n) is 5.74. The minimum atomic E-state index is -4.54. The summed E-state index contributed by atoms with van der Waals surface area (Å²) in [5.41, 5.74) is 2.13. The number of hydrazine groups is 1. The molecule has 1 saturated heterocycles. The molecule has 1 heterocycles. The van der Waals surface area contributed by atoms with Crippen LogP contribution in [0.1, 0.15) is 12.0 Å². The number of nitrogens with one attached hydrogen (secondary N) is 1. The van der Waals surface area contributed by atoms with Gasteiger partial charge in [0.25, 0.3) is 0 Å². The first kappa shape index (κ1) is 13.8. The van der Waals surface area contributed by atoms with Gasteiger partial charge in [-0.25, -0.2) is 9.40 Å². The molecule has 1 unspecified atom stereocenters. The van der Waals surface area contributed by atoms with Crippen molar-refractivity contribution < 1.29 is 22.4 Å². The highest BCUT2D eigenvalue weighted by atomic mass is 19.4. The molecule has 1 aromatic carbocycles. The summed E-state index contributed by atoms with van der Waals surface area (Å²) in [4.78, 5) is 11.0. The van der Waals surface area contributed by atoms with E-state index in [2.05, 4.69) is 5.43 Å². The van der Waals surface area contributed by atoms with Gasteiger partial charge in [0.15, 0.2) is 0 Å². The van der Waals surface area contributed by atoms with Crippen molar-refractivity contribution in [3.05, 3.63) is 35.6 Å². The van der Waals surface area contributed by atoms with Crippen LogP contribution in [-0.2, 0) is 11.2 Å². The van der Waals surface area contributed by atoms with Crippen LogP contribution in [0.15, 0.2) is 24.3 Å². The Morgan fingerprint density at radius 1 is 1.32 bits per heavy atom. The molecule has 3 nitrogen and oxygen atoms in total. The second kappa shape index (κ2) is 5.16. The molecule has 1 aliphatic heterocycles. The van der Waals surface area contributed by atoms with E-state index in [0.717, 1.165) is 11.1 Å². The summed E-state index contributed by atoms with van der Waals surface area (Å²) in [5.74, 6) is -1.13. The van der Waals surface area contributed by atoms with Gasteiger partial charge in [-0.15, -0.1) is 0 Å². The standard InChI is InChI=1S/C12H12F4N2O/c13-9-4-2-1-3-8(9)7-10(12(14,15)16)18-6-5-11(19)17-18/h1-4,10H,5-7H2,(H,17,19). The average Bonchev–Trinajstić information content (AvgIpc) is 2.73. The molecule has 2 rings (SSSR count). The Morgan fingerprint density at radius 3 is 2.53 bits per heavy atom. The van der Waals surface area contributed by atoms with Crippen LogP contribution < -0.4 is 5.43 Å². The van der Waals surface area contributed by atoms with Crippen LogP contribution in [-0.4, -0.2) is 29.7 Å². The van der Waals surface area contributed by atoms with Crippen molar-refractivity contribution in [2.45, 2.75) is 25.1 Å². The van der Waals surface area contributed by atoms with Crippen molar-refractivity contribution in [1.29, 1.82) is 0 Å². The first-order chi connectivity index (χ1) is 8.88. The molecule has 1 atom stereocenters. The van der Waals surface area contributed by atoms with Crippen molar-refractivity contribution in [3.8, 4) is 0 Å². The van der Waals surface area contributed by atoms with E-state index < -0.39 is 30.4 Å². The third-order valence-corrected chi connectivity index (χ3v) is 2.97. The summed E-state index contributed by atoms with van der Waals surface area (Å²) < 4.78 is 52.4. The summed E-state index contributed by atoms with van der Waals surface area (Å²) >= 11 is 0. The zero-order chi connectivity index (χ0) is 14.0. The van der Waals surface area contributed by atoms with Gasteiger partial charge in [0.05, 0.1) is 0 Å². The molecule has 0 saturated carbocycles. The van der Waals surface area contributed by atoms with E-state index in [9.17, 15) is 22.4 Å². The van der Waals surface area contributed by atoms with Gasteiger partial charge in [0.1, 0.15) is 11.9 Å². The predicted molar refractivity (Wildman–Crippen MR) is 59.4 cm³/mol. The molecule has 1 amide bonds. The number of alkyl halides is 3. The smallest absolute Gasteiger partial charge is 0.288 e. The lowest BCUT2D eigenvalue weighted by Gasteiger charge is -2.29. The number of rotatable bonds is 3. The van der Waals surface area contributed by atoms with Crippen molar-refractivity contribution in [2.75, 3.05) is 6.54 Å². The van der Waals surface area contributed by atoms with E-state index in [1.807, 2.05) is 0 Å². The number of hydrogen-bond donors (Lipinski definition) is 1. The SMILES string of the molecule is O=C1CCN(C(Cc2ccccc2F)C(F)(F)F)N1. The van der Waals surface area contributed by atoms with Gasteiger partial charge in [0, 0.05) is 19.4 Å². The molecule has 0 spiro atoms. The Labute approximate surface area is 107 Å². The number of hydrogen-bond acceptors (Lipinski definition) is 2. The van der Waals surface area contributed by atoms with Crippen LogP contribution in [0.5, 0.6) is 0 Å². The van der Waals surface area contributed by atoms with Crippen molar-refractivity contribution >= 4 is 5.91 Å². The molecule has 1 aromatic rings. The lowest BCUT2D eigenvalue weighted by atomic mass is 10.0. The maximum absolute atomic E-state index is 13.4. The number of amides is 1. The molecule has 0 radical (unpaired) electrons. The van der Waals surface area contributed by atoms with Crippen molar-refractivity contribution in [3.63, 3.8) is 0 Å². The second-order valence-corrected chi connectivity index (χ2v) is 4.33. The van der Waals surface area contributed by atoms with Crippen LogP contribution in [0, 0.1) is 5.82 Å². The zero-order valence-electron chi connectivity index (χ0n) is 9.88. The maximum Gasteiger partial charge on any atom is 0.406 e. The van der Waals surface area contributed by atoms with Crippen LogP contribution in [0.3, 0.4) is 0 Å². The Hall–Kier alpha value is -1.63. The quantitative estimate of drug-likeness (QED) is 0.857. The normalized spacial score (nSPS) is 18.4. The van der Waals surface area contributed by atoms with Crippen LogP contribution in [0.2, 0.25) is 0 Å². The lowest BCUT2D eigenvalue weighted by Crippen LogP contribution is -2.51. The predicted octanol–water partition coefficient (Wildman–Crippen LogP) is 2.04. The van der Waals surface area contributed by atoms with E-state index in [-0.39, 0.29) is 18.5 Å². The fourth-order valence-electron chi connectivity index (χ4n) is 2.00. The van der Waals surface area contributed by atoms with Gasteiger partial charge in [-0.05, 0) is 11.6 Å². The molecule has 7 heteroatoms. The molecule has 1 aliphatic rings. The van der Waals surface area contributed by atoms with E-state index in [1.54, 1.807) is 0 Å². The summed E-state index contributed by atoms with van der Waals surface area (Å²) in [6, 6.07) is 3.40. The minimum Gasteiger partial charge on any atom is -0.288 e. The van der Waals surface area contributed by atoms with E-state index in [1.165, 1.54) is 18.2 Å². The molecule has 104 valence electrons. The molecule has 0 aliphatic carbocycles. The highest BCUT2D eigenvalue weighted by Gasteiger charge is 2.45. The molecule has 1 fully saturated rings. The summed E-state index contributed by atoms with van der Waals surface area (Å²) in [6.07, 6.45) is -5.06. The van der Waals surface area contributed by atoms with E-state index >= 15 is 0 Å². The van der Waals surface area contributed by atoms with Gasteiger partial charge >= 0.3 is 6.18 Å². The maximum atomic E-state index is 13.4. The Bertz CT molecular complexity index is 475. The molecule has 0 aromatic heterocycles. The van der Waals surface area contributed by atoms with Gasteiger partial charge in [-0.2, -0.15) is 13.2 Å². The van der Waals surface area contributed by atoms with Crippen LogP contribution in [0.25, 0.3) is 0 Å². The zero-order valence-corrected chi connectivity index (χ0v) is 9.88. The fourth-order valence-corrected chi connectivity index (χ4v) is 2.00. The molecule has 19 heavy (non-hydrogen) atoms. The number of halogens is 4. The topological polar surface area (TPSA) is 32.3 Å².